The lowest BCUT2D eigenvalue weighted by Gasteiger charge is -2.31. The van der Waals surface area contributed by atoms with Gasteiger partial charge < -0.3 is 14.6 Å². The molecule has 3 aromatic heterocycles. The van der Waals surface area contributed by atoms with Crippen LogP contribution in [0.1, 0.15) is 24.4 Å². The summed E-state index contributed by atoms with van der Waals surface area (Å²) in [6.07, 6.45) is 1.62. The summed E-state index contributed by atoms with van der Waals surface area (Å²) in [5.41, 5.74) is 0.877. The molecule has 3 aromatic rings. The number of carbonyl (C=O) groups is 1. The smallest absolute Gasteiger partial charge is 0.223 e. The fraction of sp³-hybridized carbons (Fsp3) is 0.350. The van der Waals surface area contributed by atoms with Crippen LogP contribution in [0.15, 0.2) is 44.6 Å². The maximum atomic E-state index is 12.4. The predicted molar refractivity (Wildman–Crippen MR) is 113 cm³/mol. The molecule has 1 aliphatic rings. The number of anilines is 1. The molecule has 8 heteroatoms. The molecular weight excluding hydrogens is 440 g/mol. The second-order valence-corrected chi connectivity index (χ2v) is 9.34. The van der Waals surface area contributed by atoms with E-state index in [1.165, 1.54) is 0 Å². The summed E-state index contributed by atoms with van der Waals surface area (Å²) >= 11 is 5.11. The molecule has 1 aliphatic heterocycles. The van der Waals surface area contributed by atoms with Crippen molar-refractivity contribution in [3.8, 4) is 10.6 Å². The predicted octanol–water partition coefficient (Wildman–Crippen LogP) is 4.40. The van der Waals surface area contributed by atoms with Crippen LogP contribution in [-0.2, 0) is 11.3 Å². The van der Waals surface area contributed by atoms with E-state index in [0.29, 0.717) is 6.54 Å². The fourth-order valence-corrected chi connectivity index (χ4v) is 4.70. The lowest BCUT2D eigenvalue weighted by atomic mass is 9.96. The van der Waals surface area contributed by atoms with Gasteiger partial charge in [0.15, 0.2) is 5.82 Å². The van der Waals surface area contributed by atoms with Gasteiger partial charge in [0.05, 0.1) is 15.2 Å². The van der Waals surface area contributed by atoms with Crippen LogP contribution in [0.25, 0.3) is 10.6 Å². The zero-order valence-electron chi connectivity index (χ0n) is 15.5. The molecular formula is C20H21BrN4O2S. The Hall–Kier alpha value is -2.19. The number of hydrogen-bond acceptors (Lipinski definition) is 6. The molecule has 0 unspecified atom stereocenters. The number of hydrogen-bond donors (Lipinski definition) is 1. The van der Waals surface area contributed by atoms with Gasteiger partial charge in [0, 0.05) is 19.0 Å². The third-order valence-electron chi connectivity index (χ3n) is 4.90. The number of aromatic nitrogens is 2. The molecule has 28 heavy (non-hydrogen) atoms. The average Bonchev–Trinajstić information content (AvgIpc) is 3.34. The van der Waals surface area contributed by atoms with Gasteiger partial charge in [-0.05, 0) is 72.1 Å². The number of halogens is 1. The van der Waals surface area contributed by atoms with Crippen LogP contribution in [0.2, 0.25) is 0 Å². The minimum Gasteiger partial charge on any atom is -0.465 e. The van der Waals surface area contributed by atoms with Crippen molar-refractivity contribution in [2.75, 3.05) is 18.0 Å². The Labute approximate surface area is 176 Å². The van der Waals surface area contributed by atoms with Gasteiger partial charge in [-0.3, -0.25) is 4.79 Å². The van der Waals surface area contributed by atoms with E-state index in [9.17, 15) is 4.79 Å². The molecule has 0 aromatic carbocycles. The minimum absolute atomic E-state index is 0.0306. The second kappa shape index (κ2) is 8.45. The molecule has 1 N–H and O–H groups in total. The number of thiophene rings is 1. The zero-order chi connectivity index (χ0) is 19.5. The summed E-state index contributed by atoms with van der Waals surface area (Å²) in [5.74, 6) is 2.64. The molecule has 6 nitrogen and oxygen atoms in total. The van der Waals surface area contributed by atoms with Crippen molar-refractivity contribution in [1.82, 2.24) is 15.5 Å². The van der Waals surface area contributed by atoms with E-state index in [-0.39, 0.29) is 11.8 Å². The molecule has 0 radical (unpaired) electrons. The van der Waals surface area contributed by atoms with Gasteiger partial charge >= 0.3 is 0 Å². The van der Waals surface area contributed by atoms with E-state index >= 15 is 0 Å². The molecule has 0 spiro atoms. The number of nitrogens with zero attached hydrogens (tertiary/aromatic N) is 3. The number of nitrogens with one attached hydrogen (secondary N) is 1. The Morgan fingerprint density at radius 3 is 2.64 bits per heavy atom. The van der Waals surface area contributed by atoms with E-state index in [1.54, 1.807) is 11.3 Å². The van der Waals surface area contributed by atoms with E-state index in [4.69, 9.17) is 4.42 Å². The Kier molecular flexibility index (Phi) is 5.77. The number of furan rings is 1. The van der Waals surface area contributed by atoms with Gasteiger partial charge in [-0.15, -0.1) is 21.5 Å². The molecule has 0 bridgehead atoms. The van der Waals surface area contributed by atoms with Crippen LogP contribution < -0.4 is 10.2 Å². The average molecular weight is 461 g/mol. The van der Waals surface area contributed by atoms with Gasteiger partial charge in [-0.2, -0.15) is 0 Å². The first-order valence-electron chi connectivity index (χ1n) is 9.26. The SMILES string of the molecule is Cc1ccc(CNC(=O)C2CCN(c3ccc(-c4ccc(Br)s4)nn3)CC2)o1. The third kappa shape index (κ3) is 4.44. The summed E-state index contributed by atoms with van der Waals surface area (Å²) in [7, 11) is 0. The number of piperidine rings is 1. The molecule has 4 rings (SSSR count). The van der Waals surface area contributed by atoms with Crippen LogP contribution in [0, 0.1) is 12.8 Å². The van der Waals surface area contributed by atoms with Crippen LogP contribution in [0.4, 0.5) is 5.82 Å². The maximum Gasteiger partial charge on any atom is 0.223 e. The van der Waals surface area contributed by atoms with Crippen LogP contribution >= 0.6 is 27.3 Å². The topological polar surface area (TPSA) is 71.3 Å². The first-order chi connectivity index (χ1) is 13.6. The molecule has 146 valence electrons. The molecule has 0 aliphatic carbocycles. The standard InChI is InChI=1S/C20H21BrN4O2S/c1-13-2-3-15(27-13)12-22-20(26)14-8-10-25(11-9-14)19-7-4-16(23-24-19)17-5-6-18(21)28-17/h2-7,14H,8-12H2,1H3,(H,22,26). The minimum atomic E-state index is 0.0306. The monoisotopic (exact) mass is 460 g/mol. The second-order valence-electron chi connectivity index (χ2n) is 6.87. The van der Waals surface area contributed by atoms with Gasteiger partial charge in [0.25, 0.3) is 0 Å². The van der Waals surface area contributed by atoms with Crippen molar-refractivity contribution in [2.45, 2.75) is 26.3 Å². The summed E-state index contributed by atoms with van der Waals surface area (Å²) in [6.45, 7) is 3.95. The Bertz CT molecular complexity index is 945. The number of aryl methyl sites for hydroxylation is 1. The number of rotatable bonds is 5. The highest BCUT2D eigenvalue weighted by Crippen LogP contribution is 2.30. The molecule has 1 fully saturated rings. The Morgan fingerprint density at radius 2 is 2.04 bits per heavy atom. The number of amides is 1. The van der Waals surface area contributed by atoms with Gasteiger partial charge in [0.1, 0.15) is 17.2 Å². The van der Waals surface area contributed by atoms with Crippen molar-refractivity contribution in [2.24, 2.45) is 5.92 Å². The summed E-state index contributed by atoms with van der Waals surface area (Å²) in [5, 5.41) is 11.7. The van der Waals surface area contributed by atoms with Gasteiger partial charge in [-0.25, -0.2) is 0 Å². The summed E-state index contributed by atoms with van der Waals surface area (Å²) in [6, 6.07) is 11.9. The summed E-state index contributed by atoms with van der Waals surface area (Å²) < 4.78 is 6.58. The van der Waals surface area contributed by atoms with E-state index < -0.39 is 0 Å². The normalized spacial score (nSPS) is 15.0. The van der Waals surface area contributed by atoms with Crippen molar-refractivity contribution < 1.29 is 9.21 Å². The van der Waals surface area contributed by atoms with Gasteiger partial charge in [-0.1, -0.05) is 0 Å². The van der Waals surface area contributed by atoms with E-state index in [2.05, 4.69) is 36.3 Å². The quantitative estimate of drug-likeness (QED) is 0.610. The zero-order valence-corrected chi connectivity index (χ0v) is 17.9. The fourth-order valence-electron chi connectivity index (χ4n) is 3.35. The molecule has 1 saturated heterocycles. The highest BCUT2D eigenvalue weighted by atomic mass is 79.9. The Balaban J connectivity index is 1.29. The lowest BCUT2D eigenvalue weighted by Crippen LogP contribution is -2.40. The lowest BCUT2D eigenvalue weighted by molar-refractivity contribution is -0.125. The molecule has 1 amide bonds. The van der Waals surface area contributed by atoms with E-state index in [0.717, 1.165) is 57.6 Å². The van der Waals surface area contributed by atoms with Crippen LogP contribution in [0.5, 0.6) is 0 Å². The highest BCUT2D eigenvalue weighted by Gasteiger charge is 2.25. The van der Waals surface area contributed by atoms with Crippen LogP contribution in [0.3, 0.4) is 0 Å². The van der Waals surface area contributed by atoms with Crippen molar-refractivity contribution in [3.05, 3.63) is 51.7 Å². The first kappa shape index (κ1) is 19.1. The van der Waals surface area contributed by atoms with Crippen molar-refractivity contribution in [1.29, 1.82) is 0 Å². The van der Waals surface area contributed by atoms with E-state index in [1.807, 2.05) is 43.3 Å². The molecule has 0 saturated carbocycles. The Morgan fingerprint density at radius 1 is 1.21 bits per heavy atom. The molecule has 4 heterocycles. The highest BCUT2D eigenvalue weighted by molar-refractivity contribution is 9.11. The van der Waals surface area contributed by atoms with Crippen molar-refractivity contribution >= 4 is 39.0 Å². The largest absolute Gasteiger partial charge is 0.465 e. The number of carbonyl (C=O) groups excluding carboxylic acids is 1. The third-order valence-corrected chi connectivity index (χ3v) is 6.54. The van der Waals surface area contributed by atoms with Crippen molar-refractivity contribution in [3.63, 3.8) is 0 Å². The maximum absolute atomic E-state index is 12.4. The van der Waals surface area contributed by atoms with Gasteiger partial charge in [0.2, 0.25) is 5.91 Å². The molecule has 0 atom stereocenters. The van der Waals surface area contributed by atoms with Crippen LogP contribution in [-0.4, -0.2) is 29.2 Å². The summed E-state index contributed by atoms with van der Waals surface area (Å²) in [4.78, 5) is 15.7. The first-order valence-corrected chi connectivity index (χ1v) is 10.9.